The molecule has 4 aliphatic rings. The summed E-state index contributed by atoms with van der Waals surface area (Å²) in [4.78, 5) is 53.5. The first-order valence-electron chi connectivity index (χ1n) is 12.1. The summed E-state index contributed by atoms with van der Waals surface area (Å²) in [6.07, 6.45) is 0. The highest BCUT2D eigenvalue weighted by Gasteiger charge is 2.62. The van der Waals surface area contributed by atoms with Crippen molar-refractivity contribution in [1.29, 1.82) is 0 Å². The number of nitrogens with one attached hydrogen (secondary N) is 1. The van der Waals surface area contributed by atoms with Crippen LogP contribution >= 0.6 is 0 Å². The molecule has 186 valence electrons. The largest absolute Gasteiger partial charge is 0.454 e. The van der Waals surface area contributed by atoms with Crippen LogP contribution < -0.4 is 5.32 Å². The minimum Gasteiger partial charge on any atom is -0.454 e. The fourth-order valence-corrected chi connectivity index (χ4v) is 6.18. The number of halogens is 1. The summed E-state index contributed by atoms with van der Waals surface area (Å²) < 4.78 is 18.2. The van der Waals surface area contributed by atoms with E-state index in [0.717, 1.165) is 27.2 Å². The number of hydrogen-bond donors (Lipinski definition) is 1. The van der Waals surface area contributed by atoms with E-state index in [0.29, 0.717) is 5.69 Å². The number of anilines is 1. The van der Waals surface area contributed by atoms with Crippen LogP contribution in [0.1, 0.15) is 41.0 Å². The molecule has 0 unspecified atom stereocenters. The van der Waals surface area contributed by atoms with Crippen LogP contribution in [0.2, 0.25) is 0 Å². The Bertz CT molecular complexity index is 1340. The Morgan fingerprint density at radius 2 is 1.30 bits per heavy atom. The highest BCUT2D eigenvalue weighted by molar-refractivity contribution is 6.10. The lowest BCUT2D eigenvalue weighted by atomic mass is 9.55. The van der Waals surface area contributed by atoms with Crippen LogP contribution in [-0.2, 0) is 23.9 Å². The first-order valence-corrected chi connectivity index (χ1v) is 12.1. The SMILES string of the molecule is C[C@@H](C(=O)OCC(=O)Nc1ccc(F)cc1)N1C(=O)[C@@H]2C3c4ccccc4C(c4ccccc43)[C@@H]2C1=O. The first-order chi connectivity index (χ1) is 17.9. The quantitative estimate of drug-likeness (QED) is 0.429. The number of esters is 1. The van der Waals surface area contributed by atoms with Gasteiger partial charge in [-0.05, 0) is 53.4 Å². The van der Waals surface area contributed by atoms with Crippen LogP contribution in [0.5, 0.6) is 0 Å². The molecule has 8 heteroatoms. The molecule has 7 rings (SSSR count). The lowest BCUT2D eigenvalue weighted by molar-refractivity contribution is -0.159. The van der Waals surface area contributed by atoms with Crippen LogP contribution in [0.15, 0.2) is 72.8 Å². The van der Waals surface area contributed by atoms with E-state index in [1.807, 2.05) is 48.5 Å². The van der Waals surface area contributed by atoms with Gasteiger partial charge in [0.05, 0.1) is 11.8 Å². The number of imide groups is 1. The lowest BCUT2D eigenvalue weighted by Crippen LogP contribution is -2.45. The zero-order chi connectivity index (χ0) is 25.8. The number of ether oxygens (including phenoxy) is 1. The number of likely N-dealkylation sites (tertiary alicyclic amines) is 1. The van der Waals surface area contributed by atoms with E-state index in [-0.39, 0.29) is 11.8 Å². The zero-order valence-electron chi connectivity index (χ0n) is 19.9. The van der Waals surface area contributed by atoms with E-state index < -0.39 is 54.0 Å². The third-order valence-electron chi connectivity index (χ3n) is 7.68. The maximum atomic E-state index is 13.7. The molecule has 1 saturated heterocycles. The van der Waals surface area contributed by atoms with E-state index >= 15 is 0 Å². The monoisotopic (exact) mass is 498 g/mol. The predicted octanol–water partition coefficient (Wildman–Crippen LogP) is 3.59. The summed E-state index contributed by atoms with van der Waals surface area (Å²) in [6.45, 7) is 0.835. The van der Waals surface area contributed by atoms with Gasteiger partial charge in [0.2, 0.25) is 11.8 Å². The molecular formula is C29H23FN2O5. The number of amides is 3. The van der Waals surface area contributed by atoms with E-state index in [2.05, 4.69) is 5.32 Å². The summed E-state index contributed by atoms with van der Waals surface area (Å²) in [6, 6.07) is 19.8. The van der Waals surface area contributed by atoms with Crippen LogP contribution in [0, 0.1) is 17.7 Å². The summed E-state index contributed by atoms with van der Waals surface area (Å²) in [5.41, 5.74) is 4.52. The van der Waals surface area contributed by atoms with Crippen molar-refractivity contribution in [2.75, 3.05) is 11.9 Å². The number of benzene rings is 3. The molecule has 3 aromatic carbocycles. The molecule has 1 aliphatic heterocycles. The second kappa shape index (κ2) is 8.65. The topological polar surface area (TPSA) is 92.8 Å². The van der Waals surface area contributed by atoms with E-state index in [1.165, 1.54) is 31.2 Å². The molecule has 0 radical (unpaired) electrons. The van der Waals surface area contributed by atoms with Crippen molar-refractivity contribution in [1.82, 2.24) is 4.90 Å². The molecule has 3 aliphatic carbocycles. The van der Waals surface area contributed by atoms with Crippen LogP contribution in [0.4, 0.5) is 10.1 Å². The van der Waals surface area contributed by atoms with Gasteiger partial charge in [0.1, 0.15) is 11.9 Å². The average molecular weight is 499 g/mol. The number of nitrogens with zero attached hydrogens (tertiary/aromatic N) is 1. The van der Waals surface area contributed by atoms with Gasteiger partial charge in [0.25, 0.3) is 5.91 Å². The molecule has 0 aromatic heterocycles. The highest BCUT2D eigenvalue weighted by atomic mass is 19.1. The molecule has 1 fully saturated rings. The molecule has 1 heterocycles. The van der Waals surface area contributed by atoms with Gasteiger partial charge in [-0.25, -0.2) is 9.18 Å². The third kappa shape index (κ3) is 3.55. The molecule has 3 aromatic rings. The van der Waals surface area contributed by atoms with Crippen molar-refractivity contribution < 1.29 is 28.3 Å². The Morgan fingerprint density at radius 1 is 0.838 bits per heavy atom. The Labute approximate surface area is 212 Å². The maximum absolute atomic E-state index is 13.7. The van der Waals surface area contributed by atoms with Gasteiger partial charge in [0.15, 0.2) is 6.61 Å². The van der Waals surface area contributed by atoms with Gasteiger partial charge in [-0.15, -0.1) is 0 Å². The number of carbonyl (C=O) groups is 4. The van der Waals surface area contributed by atoms with Crippen LogP contribution in [-0.4, -0.2) is 41.2 Å². The van der Waals surface area contributed by atoms with E-state index in [1.54, 1.807) is 0 Å². The Kier molecular flexibility index (Phi) is 5.40. The Hall–Kier alpha value is -4.33. The summed E-state index contributed by atoms with van der Waals surface area (Å²) >= 11 is 0. The van der Waals surface area contributed by atoms with E-state index in [4.69, 9.17) is 4.74 Å². The standard InChI is InChI=1S/C29H23FN2O5/c1-15(29(36)37-14-22(33)31-17-12-10-16(30)11-13-17)32-27(34)25-23-18-6-2-3-7-19(18)24(26(25)28(32)35)21-9-5-4-8-20(21)23/h2-13,15,23-26H,14H2,1H3,(H,31,33)/t15-,23?,24?,25-,26+/m0/s1. The van der Waals surface area contributed by atoms with Crippen molar-refractivity contribution >= 4 is 29.4 Å². The zero-order valence-corrected chi connectivity index (χ0v) is 19.9. The van der Waals surface area contributed by atoms with Crippen molar-refractivity contribution in [3.63, 3.8) is 0 Å². The van der Waals surface area contributed by atoms with Gasteiger partial charge in [-0.1, -0.05) is 48.5 Å². The van der Waals surface area contributed by atoms with Gasteiger partial charge in [-0.2, -0.15) is 0 Å². The highest BCUT2D eigenvalue weighted by Crippen LogP contribution is 2.61. The fraction of sp³-hybridized carbons (Fsp3) is 0.241. The van der Waals surface area contributed by atoms with Crippen LogP contribution in [0.25, 0.3) is 0 Å². The van der Waals surface area contributed by atoms with Crippen molar-refractivity contribution in [2.45, 2.75) is 24.8 Å². The second-order valence-corrected chi connectivity index (χ2v) is 9.65. The van der Waals surface area contributed by atoms with Gasteiger partial charge < -0.3 is 10.1 Å². The molecule has 3 amide bonds. The summed E-state index contributed by atoms with van der Waals surface area (Å²) in [7, 11) is 0. The van der Waals surface area contributed by atoms with Gasteiger partial charge >= 0.3 is 5.97 Å². The smallest absolute Gasteiger partial charge is 0.329 e. The van der Waals surface area contributed by atoms with Crippen molar-refractivity contribution in [2.24, 2.45) is 11.8 Å². The third-order valence-corrected chi connectivity index (χ3v) is 7.68. The molecular weight excluding hydrogens is 475 g/mol. The molecule has 3 atom stereocenters. The van der Waals surface area contributed by atoms with Gasteiger partial charge in [0, 0.05) is 17.5 Å². The number of hydrogen-bond acceptors (Lipinski definition) is 5. The summed E-state index contributed by atoms with van der Waals surface area (Å²) in [5.74, 6) is -4.44. The number of rotatable bonds is 5. The second-order valence-electron chi connectivity index (χ2n) is 9.65. The molecule has 2 bridgehead atoms. The maximum Gasteiger partial charge on any atom is 0.329 e. The molecule has 7 nitrogen and oxygen atoms in total. The summed E-state index contributed by atoms with van der Waals surface area (Å²) in [5, 5.41) is 2.50. The molecule has 37 heavy (non-hydrogen) atoms. The molecule has 1 N–H and O–H groups in total. The van der Waals surface area contributed by atoms with E-state index in [9.17, 15) is 23.6 Å². The lowest BCUT2D eigenvalue weighted by Gasteiger charge is -2.45. The van der Waals surface area contributed by atoms with Crippen molar-refractivity contribution in [3.8, 4) is 0 Å². The van der Waals surface area contributed by atoms with Crippen molar-refractivity contribution in [3.05, 3.63) is 101 Å². The molecule has 0 saturated carbocycles. The predicted molar refractivity (Wildman–Crippen MR) is 131 cm³/mol. The minimum atomic E-state index is -1.19. The Balaban J connectivity index is 1.21. The fourth-order valence-electron chi connectivity index (χ4n) is 6.18. The average Bonchev–Trinajstić information content (AvgIpc) is 3.18. The Morgan fingerprint density at radius 3 is 1.76 bits per heavy atom. The van der Waals surface area contributed by atoms with Gasteiger partial charge in [-0.3, -0.25) is 19.3 Å². The minimum absolute atomic E-state index is 0.270. The molecule has 0 spiro atoms. The normalized spacial score (nSPS) is 23.7. The van der Waals surface area contributed by atoms with Crippen LogP contribution in [0.3, 0.4) is 0 Å². The number of carbonyl (C=O) groups excluding carboxylic acids is 4. The first kappa shape index (κ1) is 23.1.